The zero-order chi connectivity index (χ0) is 14.8. The average molecular weight is 318 g/mol. The summed E-state index contributed by atoms with van der Waals surface area (Å²) in [6, 6.07) is 3.42. The molecule has 1 unspecified atom stereocenters. The number of piperidine rings is 1. The number of nitrogens with one attached hydrogen (secondary N) is 1. The summed E-state index contributed by atoms with van der Waals surface area (Å²) in [7, 11) is -3.65. The molecule has 112 valence electrons. The van der Waals surface area contributed by atoms with E-state index in [1.165, 1.54) is 15.6 Å². The molecule has 2 rings (SSSR count). The minimum atomic E-state index is -3.65. The van der Waals surface area contributed by atoms with Gasteiger partial charge in [-0.15, -0.1) is 11.3 Å². The van der Waals surface area contributed by atoms with Gasteiger partial charge < -0.3 is 5.11 Å². The van der Waals surface area contributed by atoms with Crippen LogP contribution in [-0.2, 0) is 15.0 Å². The van der Waals surface area contributed by atoms with E-state index >= 15 is 0 Å². The van der Waals surface area contributed by atoms with E-state index in [1.807, 2.05) is 17.5 Å². The first kappa shape index (κ1) is 15.4. The van der Waals surface area contributed by atoms with Gasteiger partial charge in [0, 0.05) is 18.0 Å². The third kappa shape index (κ3) is 3.57. The summed E-state index contributed by atoms with van der Waals surface area (Å²) in [5.41, 5.74) is 0. The van der Waals surface area contributed by atoms with Gasteiger partial charge in [-0.1, -0.05) is 6.07 Å². The smallest absolute Gasteiger partial charge is 0.307 e. The van der Waals surface area contributed by atoms with Gasteiger partial charge in [0.1, 0.15) is 0 Å². The van der Waals surface area contributed by atoms with E-state index < -0.39 is 22.1 Å². The maximum atomic E-state index is 12.3. The molecule has 1 aliphatic rings. The number of rotatable bonds is 5. The Morgan fingerprint density at radius 3 is 2.95 bits per heavy atom. The lowest BCUT2D eigenvalue weighted by Gasteiger charge is -2.30. The highest BCUT2D eigenvalue weighted by atomic mass is 32.2. The summed E-state index contributed by atoms with van der Waals surface area (Å²) in [4.78, 5) is 11.9. The van der Waals surface area contributed by atoms with Crippen molar-refractivity contribution in [2.24, 2.45) is 5.92 Å². The van der Waals surface area contributed by atoms with Gasteiger partial charge in [-0.25, -0.2) is 0 Å². The topological polar surface area (TPSA) is 86.7 Å². The normalized spacial score (nSPS) is 22.6. The van der Waals surface area contributed by atoms with Crippen LogP contribution in [0.2, 0.25) is 0 Å². The van der Waals surface area contributed by atoms with Crippen LogP contribution in [0.15, 0.2) is 17.5 Å². The fourth-order valence-electron chi connectivity index (χ4n) is 2.26. The van der Waals surface area contributed by atoms with Gasteiger partial charge in [-0.2, -0.15) is 17.4 Å². The number of carbonyl (C=O) groups is 1. The Balaban J connectivity index is 2.04. The van der Waals surface area contributed by atoms with Crippen molar-refractivity contribution in [3.8, 4) is 0 Å². The fraction of sp³-hybridized carbons (Fsp3) is 0.583. The van der Waals surface area contributed by atoms with Crippen LogP contribution in [0.4, 0.5) is 0 Å². The summed E-state index contributed by atoms with van der Waals surface area (Å²) in [6.07, 6.45) is 1.10. The van der Waals surface area contributed by atoms with Crippen LogP contribution in [0, 0.1) is 5.92 Å². The van der Waals surface area contributed by atoms with Crippen LogP contribution in [0.5, 0.6) is 0 Å². The molecular formula is C12H18N2O4S2. The lowest BCUT2D eigenvalue weighted by Crippen LogP contribution is -2.47. The Labute approximate surface area is 122 Å². The van der Waals surface area contributed by atoms with Crippen molar-refractivity contribution < 1.29 is 18.3 Å². The van der Waals surface area contributed by atoms with Crippen molar-refractivity contribution in [3.63, 3.8) is 0 Å². The fourth-order valence-corrected chi connectivity index (χ4v) is 4.53. The molecule has 0 radical (unpaired) electrons. The number of carboxylic acid groups (broad SMARTS) is 1. The molecule has 0 spiro atoms. The third-order valence-electron chi connectivity index (χ3n) is 3.37. The summed E-state index contributed by atoms with van der Waals surface area (Å²) in [6.45, 7) is 2.19. The summed E-state index contributed by atoms with van der Waals surface area (Å²) in [5.74, 6) is -1.55. The van der Waals surface area contributed by atoms with Crippen molar-refractivity contribution in [1.29, 1.82) is 0 Å². The molecule has 8 heteroatoms. The second kappa shape index (κ2) is 6.21. The predicted molar refractivity (Wildman–Crippen MR) is 76.7 cm³/mol. The Hall–Kier alpha value is -0.960. The Kier molecular flexibility index (Phi) is 4.79. The molecule has 2 N–H and O–H groups in total. The molecule has 1 fully saturated rings. The molecule has 20 heavy (non-hydrogen) atoms. The molecule has 1 aromatic rings. The van der Waals surface area contributed by atoms with Crippen LogP contribution >= 0.6 is 11.3 Å². The van der Waals surface area contributed by atoms with E-state index in [4.69, 9.17) is 5.11 Å². The van der Waals surface area contributed by atoms with Crippen molar-refractivity contribution in [1.82, 2.24) is 9.03 Å². The predicted octanol–water partition coefficient (Wildman–Crippen LogP) is 1.44. The molecule has 0 aliphatic carbocycles. The monoisotopic (exact) mass is 318 g/mol. The SMILES string of the molecule is C[C@@H](NS(=O)(=O)N1CCCC(C(=O)O)C1)c1cccs1. The van der Waals surface area contributed by atoms with E-state index in [2.05, 4.69) is 4.72 Å². The van der Waals surface area contributed by atoms with Crippen LogP contribution in [0.25, 0.3) is 0 Å². The van der Waals surface area contributed by atoms with Gasteiger partial charge in [-0.3, -0.25) is 4.79 Å². The number of aliphatic carboxylic acids is 1. The highest BCUT2D eigenvalue weighted by molar-refractivity contribution is 7.87. The van der Waals surface area contributed by atoms with E-state index in [9.17, 15) is 13.2 Å². The zero-order valence-electron chi connectivity index (χ0n) is 11.2. The first-order valence-electron chi connectivity index (χ1n) is 6.44. The minimum absolute atomic E-state index is 0.0435. The first-order chi connectivity index (χ1) is 9.40. The highest BCUT2D eigenvalue weighted by Gasteiger charge is 2.33. The van der Waals surface area contributed by atoms with Gasteiger partial charge in [0.2, 0.25) is 0 Å². The van der Waals surface area contributed by atoms with Gasteiger partial charge >= 0.3 is 5.97 Å². The maximum Gasteiger partial charge on any atom is 0.307 e. The molecule has 1 aliphatic heterocycles. The number of nitrogens with zero attached hydrogens (tertiary/aromatic N) is 1. The van der Waals surface area contributed by atoms with Crippen molar-refractivity contribution in [3.05, 3.63) is 22.4 Å². The molecule has 1 aromatic heterocycles. The number of thiophene rings is 1. The Bertz CT molecular complexity index is 556. The molecule has 6 nitrogen and oxygen atoms in total. The largest absolute Gasteiger partial charge is 0.481 e. The van der Waals surface area contributed by atoms with Crippen molar-refractivity contribution in [2.75, 3.05) is 13.1 Å². The molecule has 2 heterocycles. The van der Waals surface area contributed by atoms with E-state index in [0.29, 0.717) is 19.4 Å². The quantitative estimate of drug-likeness (QED) is 0.860. The molecular weight excluding hydrogens is 300 g/mol. The van der Waals surface area contributed by atoms with Crippen LogP contribution < -0.4 is 4.72 Å². The summed E-state index contributed by atoms with van der Waals surface area (Å²) in [5, 5.41) is 10.9. The Morgan fingerprint density at radius 2 is 2.35 bits per heavy atom. The van der Waals surface area contributed by atoms with Crippen molar-refractivity contribution >= 4 is 27.5 Å². The number of hydrogen-bond acceptors (Lipinski definition) is 4. The molecule has 0 amide bonds. The molecule has 1 saturated heterocycles. The van der Waals surface area contributed by atoms with Gasteiger partial charge in [0.15, 0.2) is 0 Å². The minimum Gasteiger partial charge on any atom is -0.481 e. The number of carboxylic acids is 1. The second-order valence-corrected chi connectivity index (χ2v) is 7.58. The maximum absolute atomic E-state index is 12.3. The lowest BCUT2D eigenvalue weighted by atomic mass is 10.0. The summed E-state index contributed by atoms with van der Waals surface area (Å²) < 4.78 is 28.4. The van der Waals surface area contributed by atoms with E-state index in [1.54, 1.807) is 6.92 Å². The highest BCUT2D eigenvalue weighted by Crippen LogP contribution is 2.22. The molecule has 0 aromatic carbocycles. The van der Waals surface area contributed by atoms with Crippen LogP contribution in [-0.4, -0.2) is 36.9 Å². The standard InChI is InChI=1S/C12H18N2O4S2/c1-9(11-5-3-7-19-11)13-20(17,18)14-6-2-4-10(8-14)12(15)16/h3,5,7,9-10,13H,2,4,6,8H2,1H3,(H,15,16)/t9-,10?/m1/s1. The van der Waals surface area contributed by atoms with E-state index in [0.717, 1.165) is 4.88 Å². The Morgan fingerprint density at radius 1 is 1.60 bits per heavy atom. The third-order valence-corrected chi connectivity index (χ3v) is 6.09. The lowest BCUT2D eigenvalue weighted by molar-refractivity contribution is -0.142. The van der Waals surface area contributed by atoms with Gasteiger partial charge in [-0.05, 0) is 31.2 Å². The second-order valence-electron chi connectivity index (χ2n) is 4.90. The van der Waals surface area contributed by atoms with E-state index in [-0.39, 0.29) is 12.6 Å². The van der Waals surface area contributed by atoms with Gasteiger partial charge in [0.25, 0.3) is 10.2 Å². The molecule has 0 bridgehead atoms. The average Bonchev–Trinajstić information content (AvgIpc) is 2.92. The van der Waals surface area contributed by atoms with Crippen LogP contribution in [0.3, 0.4) is 0 Å². The molecule has 0 saturated carbocycles. The van der Waals surface area contributed by atoms with Crippen molar-refractivity contribution in [2.45, 2.75) is 25.8 Å². The summed E-state index contributed by atoms with van der Waals surface area (Å²) >= 11 is 1.48. The van der Waals surface area contributed by atoms with Crippen LogP contribution in [0.1, 0.15) is 30.7 Å². The van der Waals surface area contributed by atoms with Gasteiger partial charge in [0.05, 0.1) is 12.0 Å². The molecule has 2 atom stereocenters. The zero-order valence-corrected chi connectivity index (χ0v) is 12.8. The number of hydrogen-bond donors (Lipinski definition) is 2. The first-order valence-corrected chi connectivity index (χ1v) is 8.75.